The molecule has 0 aliphatic carbocycles. The Kier molecular flexibility index (Phi) is 6.95. The second-order valence-corrected chi connectivity index (χ2v) is 9.13. The highest BCUT2D eigenvalue weighted by atomic mass is 19.1. The van der Waals surface area contributed by atoms with Gasteiger partial charge in [-0.25, -0.2) is 4.39 Å². The quantitative estimate of drug-likeness (QED) is 0.357. The number of ether oxygens (including phenoxy) is 1. The summed E-state index contributed by atoms with van der Waals surface area (Å²) >= 11 is 0. The molecule has 7 nitrogen and oxygen atoms in total. The Morgan fingerprint density at radius 3 is 2.81 bits per heavy atom. The number of hydrogen-bond donors (Lipinski definition) is 1. The van der Waals surface area contributed by atoms with Crippen molar-refractivity contribution in [2.45, 2.75) is 25.8 Å². The molecule has 1 aliphatic heterocycles. The first kappa shape index (κ1) is 23.9. The van der Waals surface area contributed by atoms with E-state index in [1.807, 2.05) is 32.3 Å². The molecule has 4 aromatic rings. The van der Waals surface area contributed by atoms with Crippen molar-refractivity contribution in [1.29, 1.82) is 0 Å². The Hall–Kier alpha value is -3.78. The summed E-state index contributed by atoms with van der Waals surface area (Å²) < 4.78 is 19.7. The fourth-order valence-electron chi connectivity index (χ4n) is 4.78. The van der Waals surface area contributed by atoms with Crippen LogP contribution in [0.15, 0.2) is 61.1 Å². The van der Waals surface area contributed by atoms with E-state index in [0.717, 1.165) is 48.1 Å². The summed E-state index contributed by atoms with van der Waals surface area (Å²) in [5, 5.41) is 8.18. The largest absolute Gasteiger partial charge is 0.493 e. The molecular formula is C28H30FN5O2. The molecule has 8 heteroatoms. The van der Waals surface area contributed by atoms with Crippen LogP contribution in [0.4, 0.5) is 4.39 Å². The van der Waals surface area contributed by atoms with Gasteiger partial charge in [-0.15, -0.1) is 0 Å². The maximum atomic E-state index is 13.9. The number of carbonyl (C=O) groups is 1. The van der Waals surface area contributed by atoms with Gasteiger partial charge in [0.05, 0.1) is 24.4 Å². The van der Waals surface area contributed by atoms with Crippen molar-refractivity contribution in [3.8, 4) is 16.9 Å². The Balaban J connectivity index is 1.47. The number of benzene rings is 2. The lowest BCUT2D eigenvalue weighted by Gasteiger charge is -2.35. The minimum absolute atomic E-state index is 0.119. The van der Waals surface area contributed by atoms with Crippen LogP contribution in [0.1, 0.15) is 41.7 Å². The van der Waals surface area contributed by atoms with Gasteiger partial charge >= 0.3 is 0 Å². The first-order valence-electron chi connectivity index (χ1n) is 12.3. The van der Waals surface area contributed by atoms with Crippen molar-refractivity contribution in [2.24, 2.45) is 0 Å². The van der Waals surface area contributed by atoms with E-state index in [4.69, 9.17) is 4.74 Å². The third-order valence-electron chi connectivity index (χ3n) is 6.86. The molecule has 0 bridgehead atoms. The van der Waals surface area contributed by atoms with Crippen LogP contribution in [-0.2, 0) is 0 Å². The number of pyridine rings is 1. The lowest BCUT2D eigenvalue weighted by Crippen LogP contribution is -2.40. The number of aromatic amines is 1. The average molecular weight is 488 g/mol. The van der Waals surface area contributed by atoms with Crippen LogP contribution >= 0.6 is 0 Å². The molecular weight excluding hydrogens is 457 g/mol. The molecule has 36 heavy (non-hydrogen) atoms. The number of carbonyl (C=O) groups excluding carboxylic acids is 1. The second kappa shape index (κ2) is 10.5. The first-order valence-corrected chi connectivity index (χ1v) is 12.3. The molecule has 1 atom stereocenters. The molecule has 1 amide bonds. The highest BCUT2D eigenvalue weighted by Gasteiger charge is 2.27. The van der Waals surface area contributed by atoms with Crippen LogP contribution in [-0.4, -0.2) is 64.2 Å². The number of rotatable bonds is 9. The zero-order valence-electron chi connectivity index (χ0n) is 20.6. The molecule has 0 radical (unpaired) electrons. The number of fused-ring (bicyclic) bond motifs is 1. The van der Waals surface area contributed by atoms with Gasteiger partial charge in [-0.05, 0) is 68.8 Å². The van der Waals surface area contributed by atoms with Crippen molar-refractivity contribution in [3.05, 3.63) is 78.0 Å². The molecule has 0 saturated carbocycles. The van der Waals surface area contributed by atoms with E-state index in [1.54, 1.807) is 35.5 Å². The highest BCUT2D eigenvalue weighted by molar-refractivity contribution is 5.96. The number of nitrogens with one attached hydrogen (secondary N) is 1. The predicted octanol–water partition coefficient (Wildman–Crippen LogP) is 5.07. The highest BCUT2D eigenvalue weighted by Crippen LogP contribution is 2.34. The summed E-state index contributed by atoms with van der Waals surface area (Å²) in [5.74, 6) is 0.116. The number of amides is 1. The van der Waals surface area contributed by atoms with Gasteiger partial charge in [-0.2, -0.15) is 5.10 Å². The Labute approximate surface area is 209 Å². The van der Waals surface area contributed by atoms with Crippen LogP contribution in [0.5, 0.6) is 5.75 Å². The predicted molar refractivity (Wildman–Crippen MR) is 137 cm³/mol. The average Bonchev–Trinajstić information content (AvgIpc) is 3.34. The fraction of sp³-hybridized carbons (Fsp3) is 0.321. The van der Waals surface area contributed by atoms with E-state index in [1.165, 1.54) is 18.6 Å². The third kappa shape index (κ3) is 4.81. The SMILES string of the molecule is CCOc1cc(C(=O)N(C)[C@H](CCN2CCC2)c2cncc3cn[nH]c23)ccc1-c1cccc(F)c1. The maximum absolute atomic E-state index is 13.9. The molecule has 3 heterocycles. The zero-order chi connectivity index (χ0) is 25.1. The lowest BCUT2D eigenvalue weighted by atomic mass is 9.99. The number of nitrogens with zero attached hydrogens (tertiary/aromatic N) is 4. The van der Waals surface area contributed by atoms with E-state index in [9.17, 15) is 9.18 Å². The zero-order valence-corrected chi connectivity index (χ0v) is 20.6. The van der Waals surface area contributed by atoms with Gasteiger partial charge in [-0.3, -0.25) is 14.9 Å². The number of aromatic nitrogens is 3. The summed E-state index contributed by atoms with van der Waals surface area (Å²) in [6, 6.07) is 11.5. The van der Waals surface area contributed by atoms with Gasteiger partial charge in [0.1, 0.15) is 11.6 Å². The molecule has 1 N–H and O–H groups in total. The number of hydrogen-bond acceptors (Lipinski definition) is 5. The summed E-state index contributed by atoms with van der Waals surface area (Å²) in [6.07, 6.45) is 7.34. The minimum atomic E-state index is -0.318. The van der Waals surface area contributed by atoms with Gasteiger partial charge in [0.25, 0.3) is 5.91 Å². The van der Waals surface area contributed by atoms with Crippen molar-refractivity contribution in [3.63, 3.8) is 0 Å². The number of halogens is 1. The molecule has 2 aromatic carbocycles. The third-order valence-corrected chi connectivity index (χ3v) is 6.86. The molecule has 0 unspecified atom stereocenters. The molecule has 0 spiro atoms. The molecule has 1 fully saturated rings. The summed E-state index contributed by atoms with van der Waals surface area (Å²) in [5.41, 5.74) is 3.81. The van der Waals surface area contributed by atoms with Crippen molar-refractivity contribution in [1.82, 2.24) is 25.0 Å². The van der Waals surface area contributed by atoms with E-state index in [-0.39, 0.29) is 17.8 Å². The topological polar surface area (TPSA) is 74.3 Å². The Morgan fingerprint density at radius 1 is 1.19 bits per heavy atom. The van der Waals surface area contributed by atoms with Crippen LogP contribution in [0, 0.1) is 5.82 Å². The van der Waals surface area contributed by atoms with Crippen LogP contribution in [0.3, 0.4) is 0 Å². The van der Waals surface area contributed by atoms with Gasteiger partial charge < -0.3 is 14.5 Å². The Bertz CT molecular complexity index is 1370. The normalized spacial score (nSPS) is 14.4. The Morgan fingerprint density at radius 2 is 2.06 bits per heavy atom. The van der Waals surface area contributed by atoms with E-state index in [2.05, 4.69) is 20.1 Å². The summed E-state index contributed by atoms with van der Waals surface area (Å²) in [4.78, 5) is 22.4. The van der Waals surface area contributed by atoms with Crippen molar-refractivity contribution in [2.75, 3.05) is 33.3 Å². The van der Waals surface area contributed by atoms with E-state index >= 15 is 0 Å². The fourth-order valence-corrected chi connectivity index (χ4v) is 4.78. The van der Waals surface area contributed by atoms with E-state index in [0.29, 0.717) is 23.5 Å². The van der Waals surface area contributed by atoms with Crippen LogP contribution in [0.2, 0.25) is 0 Å². The monoisotopic (exact) mass is 487 g/mol. The smallest absolute Gasteiger partial charge is 0.254 e. The number of H-pyrrole nitrogens is 1. The van der Waals surface area contributed by atoms with E-state index < -0.39 is 0 Å². The van der Waals surface area contributed by atoms with Crippen molar-refractivity contribution >= 4 is 16.8 Å². The van der Waals surface area contributed by atoms with Gasteiger partial charge in [-0.1, -0.05) is 12.1 Å². The molecule has 1 aliphatic rings. The van der Waals surface area contributed by atoms with Gasteiger partial charge in [0, 0.05) is 48.1 Å². The molecule has 1 saturated heterocycles. The molecule has 2 aromatic heterocycles. The number of likely N-dealkylation sites (tertiary alicyclic amines) is 1. The van der Waals surface area contributed by atoms with Gasteiger partial charge in [0.2, 0.25) is 0 Å². The lowest BCUT2D eigenvalue weighted by molar-refractivity contribution is 0.0698. The second-order valence-electron chi connectivity index (χ2n) is 9.13. The maximum Gasteiger partial charge on any atom is 0.254 e. The van der Waals surface area contributed by atoms with Crippen LogP contribution < -0.4 is 4.74 Å². The minimum Gasteiger partial charge on any atom is -0.493 e. The van der Waals surface area contributed by atoms with Crippen LogP contribution in [0.25, 0.3) is 22.0 Å². The first-order chi connectivity index (χ1) is 17.5. The summed E-state index contributed by atoms with van der Waals surface area (Å²) in [7, 11) is 1.83. The van der Waals surface area contributed by atoms with Gasteiger partial charge in [0.15, 0.2) is 0 Å². The standard InChI is InChI=1S/C28H30FN5O2/c1-3-36-26-15-20(8-9-23(26)19-6-4-7-22(29)14-19)28(35)33(2)25(10-13-34-11-5-12-34)24-18-30-16-21-17-31-32-27(21)24/h4,6-9,14-18,25H,3,5,10-13H2,1-2H3,(H,31,32)/t25-/m1/s1. The molecule has 186 valence electrons. The molecule has 5 rings (SSSR count). The summed E-state index contributed by atoms with van der Waals surface area (Å²) in [6.45, 7) is 5.41. The van der Waals surface area contributed by atoms with Crippen molar-refractivity contribution < 1.29 is 13.9 Å².